The fourth-order valence-corrected chi connectivity index (χ4v) is 1.75. The molecule has 2 unspecified atom stereocenters. The van der Waals surface area contributed by atoms with E-state index < -0.39 is 0 Å². The molecule has 3 N–H and O–H groups in total. The van der Waals surface area contributed by atoms with Crippen molar-refractivity contribution in [1.29, 1.82) is 0 Å². The minimum atomic E-state index is -0.305. The number of hydrogen-bond acceptors (Lipinski definition) is 2. The molecule has 0 saturated heterocycles. The summed E-state index contributed by atoms with van der Waals surface area (Å²) in [5, 5.41) is 15.5. The highest BCUT2D eigenvalue weighted by atomic mass is 16.3. The first-order valence-electron chi connectivity index (χ1n) is 6.85. The maximum atomic E-state index is 11.4. The van der Waals surface area contributed by atoms with E-state index in [-0.39, 0.29) is 18.1 Å². The van der Waals surface area contributed by atoms with Gasteiger partial charge >= 0.3 is 6.03 Å². The minimum Gasteiger partial charge on any atom is -0.393 e. The molecule has 0 saturated carbocycles. The number of amides is 2. The predicted molar refractivity (Wildman–Crippen MR) is 71.0 cm³/mol. The second kappa shape index (κ2) is 10.4. The van der Waals surface area contributed by atoms with E-state index in [1.54, 1.807) is 0 Å². The number of nitrogens with one attached hydrogen (secondary N) is 2. The van der Waals surface area contributed by atoms with Crippen molar-refractivity contribution in [1.82, 2.24) is 10.6 Å². The summed E-state index contributed by atoms with van der Waals surface area (Å²) in [6.07, 6.45) is 4.44. The molecule has 0 spiro atoms. The SMILES string of the molecule is CCCCNC(=O)NCC(CC)C(O)CCC. The zero-order valence-corrected chi connectivity index (χ0v) is 11.5. The van der Waals surface area contributed by atoms with Crippen LogP contribution in [0.4, 0.5) is 4.79 Å². The Labute approximate surface area is 105 Å². The monoisotopic (exact) mass is 244 g/mol. The number of aliphatic hydroxyl groups excluding tert-OH is 1. The molecule has 0 aromatic carbocycles. The average molecular weight is 244 g/mol. The van der Waals surface area contributed by atoms with Crippen LogP contribution in [0.25, 0.3) is 0 Å². The van der Waals surface area contributed by atoms with Crippen molar-refractivity contribution in [3.05, 3.63) is 0 Å². The van der Waals surface area contributed by atoms with Crippen LogP contribution in [-0.4, -0.2) is 30.3 Å². The maximum Gasteiger partial charge on any atom is 0.314 e. The zero-order valence-electron chi connectivity index (χ0n) is 11.5. The summed E-state index contributed by atoms with van der Waals surface area (Å²) in [6, 6.07) is -0.124. The van der Waals surface area contributed by atoms with Gasteiger partial charge < -0.3 is 15.7 Å². The molecule has 17 heavy (non-hydrogen) atoms. The van der Waals surface area contributed by atoms with Crippen LogP contribution in [-0.2, 0) is 0 Å². The van der Waals surface area contributed by atoms with Gasteiger partial charge in [-0.15, -0.1) is 0 Å². The Morgan fingerprint density at radius 2 is 1.88 bits per heavy atom. The lowest BCUT2D eigenvalue weighted by atomic mass is 9.96. The standard InChI is InChI=1S/C13H28N2O2/c1-4-7-9-14-13(17)15-10-11(6-3)12(16)8-5-2/h11-12,16H,4-10H2,1-3H3,(H2,14,15,17). The summed E-state index contributed by atoms with van der Waals surface area (Å²) < 4.78 is 0. The van der Waals surface area contributed by atoms with Crippen molar-refractivity contribution in [2.45, 2.75) is 59.0 Å². The number of urea groups is 1. The second-order valence-corrected chi connectivity index (χ2v) is 4.51. The second-order valence-electron chi connectivity index (χ2n) is 4.51. The Morgan fingerprint density at radius 1 is 1.18 bits per heavy atom. The van der Waals surface area contributed by atoms with Crippen LogP contribution < -0.4 is 10.6 Å². The van der Waals surface area contributed by atoms with Gasteiger partial charge in [-0.2, -0.15) is 0 Å². The fourth-order valence-electron chi connectivity index (χ4n) is 1.75. The molecule has 0 rings (SSSR count). The summed E-state index contributed by atoms with van der Waals surface area (Å²) in [4.78, 5) is 11.4. The molecule has 2 atom stereocenters. The lowest BCUT2D eigenvalue weighted by Gasteiger charge is -2.21. The van der Waals surface area contributed by atoms with E-state index in [0.29, 0.717) is 6.54 Å². The molecule has 0 aromatic heterocycles. The summed E-state index contributed by atoms with van der Waals surface area (Å²) in [7, 11) is 0. The van der Waals surface area contributed by atoms with Crippen LogP contribution >= 0.6 is 0 Å². The van der Waals surface area contributed by atoms with Crippen molar-refractivity contribution in [2.75, 3.05) is 13.1 Å². The number of rotatable bonds is 9. The molecule has 0 bridgehead atoms. The number of carbonyl (C=O) groups is 1. The number of unbranched alkanes of at least 4 members (excludes halogenated alkanes) is 1. The van der Waals surface area contributed by atoms with Gasteiger partial charge in [-0.3, -0.25) is 0 Å². The van der Waals surface area contributed by atoms with Gasteiger partial charge in [0.2, 0.25) is 0 Å². The van der Waals surface area contributed by atoms with Gasteiger partial charge in [0.1, 0.15) is 0 Å². The summed E-state index contributed by atoms with van der Waals surface area (Å²) in [6.45, 7) is 7.46. The Hall–Kier alpha value is -0.770. The maximum absolute atomic E-state index is 11.4. The highest BCUT2D eigenvalue weighted by molar-refractivity contribution is 5.73. The fraction of sp³-hybridized carbons (Fsp3) is 0.923. The van der Waals surface area contributed by atoms with E-state index in [9.17, 15) is 9.90 Å². The molecule has 0 radical (unpaired) electrons. The van der Waals surface area contributed by atoms with Crippen molar-refractivity contribution in [2.24, 2.45) is 5.92 Å². The van der Waals surface area contributed by atoms with E-state index in [1.165, 1.54) is 0 Å². The molecule has 4 nitrogen and oxygen atoms in total. The van der Waals surface area contributed by atoms with Crippen molar-refractivity contribution < 1.29 is 9.90 Å². The largest absolute Gasteiger partial charge is 0.393 e. The molecule has 102 valence electrons. The quantitative estimate of drug-likeness (QED) is 0.545. The molecule has 2 amide bonds. The van der Waals surface area contributed by atoms with E-state index in [2.05, 4.69) is 24.5 Å². The van der Waals surface area contributed by atoms with Gasteiger partial charge in [0.25, 0.3) is 0 Å². The molecule has 0 aliphatic rings. The minimum absolute atomic E-state index is 0.124. The average Bonchev–Trinajstić information content (AvgIpc) is 2.30. The van der Waals surface area contributed by atoms with Gasteiger partial charge in [0.15, 0.2) is 0 Å². The zero-order chi connectivity index (χ0) is 13.1. The molecule has 0 aromatic rings. The molecule has 4 heteroatoms. The van der Waals surface area contributed by atoms with Crippen LogP contribution in [0.3, 0.4) is 0 Å². The van der Waals surface area contributed by atoms with Gasteiger partial charge in [-0.05, 0) is 19.3 Å². The lowest BCUT2D eigenvalue weighted by molar-refractivity contribution is 0.0960. The Bertz CT molecular complexity index is 198. The van der Waals surface area contributed by atoms with Crippen LogP contribution in [0.5, 0.6) is 0 Å². The van der Waals surface area contributed by atoms with Gasteiger partial charge in [0, 0.05) is 19.0 Å². The van der Waals surface area contributed by atoms with Gasteiger partial charge in [-0.1, -0.05) is 33.6 Å². The molecular formula is C13H28N2O2. The Kier molecular flexibility index (Phi) is 9.92. The van der Waals surface area contributed by atoms with Crippen LogP contribution in [0.2, 0.25) is 0 Å². The first kappa shape index (κ1) is 16.2. The first-order valence-corrected chi connectivity index (χ1v) is 6.85. The molecule has 0 fully saturated rings. The highest BCUT2D eigenvalue weighted by Gasteiger charge is 2.16. The van der Waals surface area contributed by atoms with Crippen LogP contribution in [0.1, 0.15) is 52.9 Å². The number of hydrogen-bond donors (Lipinski definition) is 3. The van der Waals surface area contributed by atoms with E-state index in [1.807, 2.05) is 6.92 Å². The smallest absolute Gasteiger partial charge is 0.314 e. The van der Waals surface area contributed by atoms with Gasteiger partial charge in [0.05, 0.1) is 6.10 Å². The lowest BCUT2D eigenvalue weighted by Crippen LogP contribution is -2.41. The first-order chi connectivity index (χ1) is 8.15. The third-order valence-corrected chi connectivity index (χ3v) is 2.99. The van der Waals surface area contributed by atoms with Crippen LogP contribution in [0.15, 0.2) is 0 Å². The Balaban J connectivity index is 3.77. The van der Waals surface area contributed by atoms with E-state index in [4.69, 9.17) is 0 Å². The summed E-state index contributed by atoms with van der Waals surface area (Å²) in [5.74, 6) is 0.159. The molecule has 0 aliphatic carbocycles. The topological polar surface area (TPSA) is 61.4 Å². The Morgan fingerprint density at radius 3 is 2.41 bits per heavy atom. The van der Waals surface area contributed by atoms with E-state index >= 15 is 0 Å². The van der Waals surface area contributed by atoms with Gasteiger partial charge in [-0.25, -0.2) is 4.79 Å². The normalized spacial score (nSPS) is 14.1. The van der Waals surface area contributed by atoms with Crippen molar-refractivity contribution in [3.8, 4) is 0 Å². The summed E-state index contributed by atoms with van der Waals surface area (Å²) in [5.41, 5.74) is 0. The third-order valence-electron chi connectivity index (χ3n) is 2.99. The highest BCUT2D eigenvalue weighted by Crippen LogP contribution is 2.12. The molecule has 0 aliphatic heterocycles. The number of aliphatic hydroxyl groups is 1. The van der Waals surface area contributed by atoms with Crippen molar-refractivity contribution >= 4 is 6.03 Å². The molecule has 0 heterocycles. The summed E-state index contributed by atoms with van der Waals surface area (Å²) >= 11 is 0. The third kappa shape index (κ3) is 8.02. The van der Waals surface area contributed by atoms with Crippen LogP contribution in [0, 0.1) is 5.92 Å². The van der Waals surface area contributed by atoms with E-state index in [0.717, 1.165) is 38.6 Å². The molecular weight excluding hydrogens is 216 g/mol. The predicted octanol–water partition coefficient (Wildman–Crippen LogP) is 2.27. The number of carbonyl (C=O) groups excluding carboxylic acids is 1. The van der Waals surface area contributed by atoms with Crippen molar-refractivity contribution in [3.63, 3.8) is 0 Å².